The molecule has 2 rings (SSSR count). The van der Waals surface area contributed by atoms with Crippen molar-refractivity contribution in [2.75, 3.05) is 20.1 Å². The lowest BCUT2D eigenvalue weighted by atomic mass is 9.96. The van der Waals surface area contributed by atoms with E-state index in [2.05, 4.69) is 48.2 Å². The Labute approximate surface area is 129 Å². The zero-order valence-electron chi connectivity index (χ0n) is 14.2. The van der Waals surface area contributed by atoms with E-state index >= 15 is 0 Å². The van der Waals surface area contributed by atoms with Gasteiger partial charge in [-0.1, -0.05) is 0 Å². The van der Waals surface area contributed by atoms with Crippen LogP contribution in [0.3, 0.4) is 0 Å². The summed E-state index contributed by atoms with van der Waals surface area (Å²) < 4.78 is 5.88. The van der Waals surface area contributed by atoms with Gasteiger partial charge in [0.2, 0.25) is 0 Å². The molecule has 0 saturated carbocycles. The Kier molecular flexibility index (Phi) is 5.88. The van der Waals surface area contributed by atoms with E-state index in [0.29, 0.717) is 30.3 Å². The second-order valence-electron chi connectivity index (χ2n) is 6.78. The maximum atomic E-state index is 5.88. The van der Waals surface area contributed by atoms with Crippen LogP contribution in [0, 0.1) is 0 Å². The summed E-state index contributed by atoms with van der Waals surface area (Å²) >= 11 is 0. The van der Waals surface area contributed by atoms with E-state index in [0.717, 1.165) is 25.5 Å². The summed E-state index contributed by atoms with van der Waals surface area (Å²) in [6, 6.07) is 1.57. The first-order valence-electron chi connectivity index (χ1n) is 8.39. The molecule has 2 N–H and O–H groups in total. The first kappa shape index (κ1) is 16.6. The van der Waals surface area contributed by atoms with E-state index in [1.54, 1.807) is 0 Å². The van der Waals surface area contributed by atoms with Gasteiger partial charge in [-0.25, -0.2) is 0 Å². The molecule has 21 heavy (non-hydrogen) atoms. The van der Waals surface area contributed by atoms with E-state index < -0.39 is 0 Å². The van der Waals surface area contributed by atoms with Gasteiger partial charge in [0, 0.05) is 32.2 Å². The third-order valence-electron chi connectivity index (χ3n) is 4.64. The topological polar surface area (TPSA) is 48.9 Å². The molecule has 0 aliphatic carbocycles. The van der Waals surface area contributed by atoms with Crippen molar-refractivity contribution >= 4 is 5.96 Å². The predicted octanol–water partition coefficient (Wildman–Crippen LogP) is 1.59. The largest absolute Gasteiger partial charge is 0.373 e. The molecule has 0 aromatic rings. The van der Waals surface area contributed by atoms with E-state index in [9.17, 15) is 0 Å². The Bertz CT molecular complexity index is 348. The SMILES string of the molecule is CN=C(NCCN(C(C)C)C(C)C)NC1CC2CCC1O2. The molecule has 2 heterocycles. The molecular formula is C16H32N4O. The van der Waals surface area contributed by atoms with Gasteiger partial charge < -0.3 is 15.4 Å². The second kappa shape index (κ2) is 7.45. The number of ether oxygens (including phenoxy) is 1. The number of nitrogens with zero attached hydrogens (tertiary/aromatic N) is 2. The molecule has 122 valence electrons. The molecule has 0 radical (unpaired) electrons. The molecular weight excluding hydrogens is 264 g/mol. The standard InChI is InChI=1S/C16H32N4O/c1-11(2)20(12(3)4)9-8-18-16(17-5)19-14-10-13-6-7-15(14)21-13/h11-15H,6-10H2,1-5H3,(H2,17,18,19). The van der Waals surface area contributed by atoms with Crippen LogP contribution >= 0.6 is 0 Å². The fourth-order valence-corrected chi connectivity index (χ4v) is 3.58. The number of guanidine groups is 1. The van der Waals surface area contributed by atoms with Crippen LogP contribution in [0.25, 0.3) is 0 Å². The van der Waals surface area contributed by atoms with Crippen molar-refractivity contribution in [3.05, 3.63) is 0 Å². The van der Waals surface area contributed by atoms with Crippen LogP contribution < -0.4 is 10.6 Å². The van der Waals surface area contributed by atoms with Gasteiger partial charge in [0.1, 0.15) is 0 Å². The first-order valence-corrected chi connectivity index (χ1v) is 8.39. The average molecular weight is 296 g/mol. The minimum Gasteiger partial charge on any atom is -0.373 e. The number of rotatable bonds is 6. The molecule has 3 atom stereocenters. The molecule has 2 aliphatic rings. The third-order valence-corrected chi connectivity index (χ3v) is 4.64. The van der Waals surface area contributed by atoms with Crippen LogP contribution in [-0.4, -0.2) is 61.3 Å². The van der Waals surface area contributed by atoms with Gasteiger partial charge in [-0.15, -0.1) is 0 Å². The van der Waals surface area contributed by atoms with Gasteiger partial charge in [-0.05, 0) is 47.0 Å². The number of hydrogen-bond donors (Lipinski definition) is 2. The lowest BCUT2D eigenvalue weighted by Crippen LogP contribution is -2.49. The third kappa shape index (κ3) is 4.33. The smallest absolute Gasteiger partial charge is 0.191 e. The van der Waals surface area contributed by atoms with Crippen LogP contribution in [0.1, 0.15) is 47.0 Å². The lowest BCUT2D eigenvalue weighted by molar-refractivity contribution is 0.0992. The highest BCUT2D eigenvalue weighted by Crippen LogP contribution is 2.34. The minimum atomic E-state index is 0.386. The maximum Gasteiger partial charge on any atom is 0.191 e. The van der Waals surface area contributed by atoms with Crippen molar-refractivity contribution in [3.8, 4) is 0 Å². The van der Waals surface area contributed by atoms with Gasteiger partial charge in [-0.3, -0.25) is 9.89 Å². The highest BCUT2D eigenvalue weighted by Gasteiger charge is 2.41. The van der Waals surface area contributed by atoms with E-state index in [-0.39, 0.29) is 0 Å². The Balaban J connectivity index is 1.73. The minimum absolute atomic E-state index is 0.386. The zero-order chi connectivity index (χ0) is 15.4. The van der Waals surface area contributed by atoms with Gasteiger partial charge >= 0.3 is 0 Å². The summed E-state index contributed by atoms with van der Waals surface area (Å²) in [5.74, 6) is 0.906. The Morgan fingerprint density at radius 2 is 1.95 bits per heavy atom. The highest BCUT2D eigenvalue weighted by atomic mass is 16.5. The molecule has 2 fully saturated rings. The molecule has 0 amide bonds. The Hall–Kier alpha value is -0.810. The first-order chi connectivity index (χ1) is 10.0. The summed E-state index contributed by atoms with van der Waals surface area (Å²) in [7, 11) is 1.84. The van der Waals surface area contributed by atoms with Crippen LogP contribution in [0.5, 0.6) is 0 Å². The fourth-order valence-electron chi connectivity index (χ4n) is 3.58. The van der Waals surface area contributed by atoms with E-state index in [1.807, 2.05) is 7.05 Å². The summed E-state index contributed by atoms with van der Waals surface area (Å²) in [5.41, 5.74) is 0. The molecule has 2 aliphatic heterocycles. The molecule has 5 nitrogen and oxygen atoms in total. The van der Waals surface area contributed by atoms with Crippen molar-refractivity contribution in [2.45, 2.75) is 77.3 Å². The molecule has 3 unspecified atom stereocenters. The monoisotopic (exact) mass is 296 g/mol. The van der Waals surface area contributed by atoms with Gasteiger partial charge in [-0.2, -0.15) is 0 Å². The van der Waals surface area contributed by atoms with Crippen molar-refractivity contribution in [1.29, 1.82) is 0 Å². The quantitative estimate of drug-likeness (QED) is 0.577. The van der Waals surface area contributed by atoms with Gasteiger partial charge in [0.15, 0.2) is 5.96 Å². The Morgan fingerprint density at radius 1 is 1.24 bits per heavy atom. The lowest BCUT2D eigenvalue weighted by Gasteiger charge is -2.31. The van der Waals surface area contributed by atoms with Crippen molar-refractivity contribution in [3.63, 3.8) is 0 Å². The normalized spacial score (nSPS) is 29.0. The predicted molar refractivity (Wildman–Crippen MR) is 87.8 cm³/mol. The van der Waals surface area contributed by atoms with Crippen LogP contribution in [0.2, 0.25) is 0 Å². The number of nitrogens with one attached hydrogen (secondary N) is 2. The molecule has 0 spiro atoms. The number of aliphatic imine (C=N–C) groups is 1. The van der Waals surface area contributed by atoms with E-state index in [1.165, 1.54) is 12.8 Å². The summed E-state index contributed by atoms with van der Waals surface area (Å²) in [5, 5.41) is 6.96. The molecule has 0 aromatic carbocycles. The van der Waals surface area contributed by atoms with E-state index in [4.69, 9.17) is 4.74 Å². The average Bonchev–Trinajstić information content (AvgIpc) is 3.03. The van der Waals surface area contributed by atoms with Crippen LogP contribution in [0.15, 0.2) is 4.99 Å². The van der Waals surface area contributed by atoms with Crippen LogP contribution in [0.4, 0.5) is 0 Å². The fraction of sp³-hybridized carbons (Fsp3) is 0.938. The maximum absolute atomic E-state index is 5.88. The summed E-state index contributed by atoms with van der Waals surface area (Å²) in [6.45, 7) is 10.9. The summed E-state index contributed by atoms with van der Waals surface area (Å²) in [4.78, 5) is 6.83. The van der Waals surface area contributed by atoms with Gasteiger partial charge in [0.25, 0.3) is 0 Å². The second-order valence-corrected chi connectivity index (χ2v) is 6.78. The Morgan fingerprint density at radius 3 is 2.43 bits per heavy atom. The van der Waals surface area contributed by atoms with Crippen molar-refractivity contribution in [1.82, 2.24) is 15.5 Å². The van der Waals surface area contributed by atoms with Crippen molar-refractivity contribution in [2.24, 2.45) is 4.99 Å². The summed E-state index contributed by atoms with van der Waals surface area (Å²) in [6.07, 6.45) is 4.40. The number of hydrogen-bond acceptors (Lipinski definition) is 3. The number of fused-ring (bicyclic) bond motifs is 2. The van der Waals surface area contributed by atoms with Crippen molar-refractivity contribution < 1.29 is 4.74 Å². The molecule has 2 saturated heterocycles. The highest BCUT2D eigenvalue weighted by molar-refractivity contribution is 5.80. The van der Waals surface area contributed by atoms with Crippen LogP contribution in [-0.2, 0) is 4.74 Å². The molecule has 5 heteroatoms. The zero-order valence-corrected chi connectivity index (χ0v) is 14.2. The molecule has 0 aromatic heterocycles. The molecule has 2 bridgehead atoms. The van der Waals surface area contributed by atoms with Gasteiger partial charge in [0.05, 0.1) is 18.2 Å².